The van der Waals surface area contributed by atoms with E-state index in [-0.39, 0.29) is 11.7 Å². The molecular weight excluding hydrogens is 338 g/mol. The molecule has 1 fully saturated rings. The summed E-state index contributed by atoms with van der Waals surface area (Å²) in [5.74, 6) is 1.37. The molecule has 0 spiro atoms. The number of hydrogen-bond acceptors (Lipinski definition) is 3. The van der Waals surface area contributed by atoms with Crippen molar-refractivity contribution in [2.75, 3.05) is 26.3 Å². The summed E-state index contributed by atoms with van der Waals surface area (Å²) in [6.07, 6.45) is 1.94. The Hall–Kier alpha value is -1.68. The smallest absolute Gasteiger partial charge is 0.224 e. The summed E-state index contributed by atoms with van der Waals surface area (Å²) in [6.45, 7) is 14.3. The van der Waals surface area contributed by atoms with Gasteiger partial charge < -0.3 is 9.64 Å². The number of rotatable bonds is 9. The summed E-state index contributed by atoms with van der Waals surface area (Å²) < 4.78 is 5.33. The number of ether oxygens (including phenoxy) is 1. The van der Waals surface area contributed by atoms with E-state index < -0.39 is 0 Å². The Labute approximate surface area is 166 Å². The minimum Gasteiger partial charge on any atom is -0.380 e. The molecule has 154 valence electrons. The number of carbonyl (C=O) groups is 2. The molecule has 1 aliphatic rings. The van der Waals surface area contributed by atoms with Crippen LogP contribution < -0.4 is 0 Å². The molecule has 1 atom stereocenters. The minimum absolute atomic E-state index is 0.119. The third-order valence-electron chi connectivity index (χ3n) is 4.56. The Bertz CT molecular complexity index is 510. The summed E-state index contributed by atoms with van der Waals surface area (Å²) in [6, 6.07) is 10.6. The van der Waals surface area contributed by atoms with Gasteiger partial charge in [0, 0.05) is 25.4 Å². The zero-order valence-corrected chi connectivity index (χ0v) is 18.2. The van der Waals surface area contributed by atoms with Crippen LogP contribution in [0.4, 0.5) is 0 Å². The topological polar surface area (TPSA) is 46.6 Å². The third kappa shape index (κ3) is 9.18. The first-order chi connectivity index (χ1) is 13.1. The second kappa shape index (κ2) is 15.4. The number of ketones is 1. The second-order valence-electron chi connectivity index (χ2n) is 6.30. The summed E-state index contributed by atoms with van der Waals surface area (Å²) in [5.41, 5.74) is 1.37. The Morgan fingerprint density at radius 2 is 1.59 bits per heavy atom. The number of amides is 1. The lowest BCUT2D eigenvalue weighted by Gasteiger charge is -2.43. The highest BCUT2D eigenvalue weighted by Gasteiger charge is 2.35. The Morgan fingerprint density at radius 3 is 2.11 bits per heavy atom. The van der Waals surface area contributed by atoms with E-state index in [2.05, 4.69) is 31.2 Å². The number of hydrogen-bond donors (Lipinski definition) is 0. The van der Waals surface area contributed by atoms with Crippen LogP contribution in [0.15, 0.2) is 30.3 Å². The van der Waals surface area contributed by atoms with Gasteiger partial charge >= 0.3 is 0 Å². The molecule has 0 aliphatic carbocycles. The van der Waals surface area contributed by atoms with Gasteiger partial charge in [0.05, 0.1) is 19.6 Å². The van der Waals surface area contributed by atoms with Crippen LogP contribution in [0, 0.1) is 5.92 Å². The molecule has 4 nitrogen and oxygen atoms in total. The number of carbonyl (C=O) groups excluding carboxylic acids is 2. The van der Waals surface area contributed by atoms with Gasteiger partial charge in [-0.3, -0.25) is 9.59 Å². The van der Waals surface area contributed by atoms with Crippen molar-refractivity contribution in [3.8, 4) is 0 Å². The molecule has 1 aromatic carbocycles. The molecule has 1 saturated heterocycles. The summed E-state index contributed by atoms with van der Waals surface area (Å²) in [7, 11) is 0. The predicted octanol–water partition coefficient (Wildman–Crippen LogP) is 5.08. The molecule has 27 heavy (non-hydrogen) atoms. The van der Waals surface area contributed by atoms with Crippen LogP contribution in [0.25, 0.3) is 0 Å². The van der Waals surface area contributed by atoms with Crippen molar-refractivity contribution < 1.29 is 14.3 Å². The van der Waals surface area contributed by atoms with Gasteiger partial charge in [-0.25, -0.2) is 0 Å². The lowest BCUT2D eigenvalue weighted by molar-refractivity contribution is -0.139. The van der Waals surface area contributed by atoms with Gasteiger partial charge in [0.25, 0.3) is 0 Å². The average Bonchev–Trinajstić information content (AvgIpc) is 2.67. The first-order valence-corrected chi connectivity index (χ1v) is 10.5. The van der Waals surface area contributed by atoms with Gasteiger partial charge in [-0.1, -0.05) is 65.0 Å². The zero-order chi connectivity index (χ0) is 20.7. The quantitative estimate of drug-likeness (QED) is 0.564. The maximum absolute atomic E-state index is 12.1. The summed E-state index contributed by atoms with van der Waals surface area (Å²) >= 11 is 0. The molecule has 1 amide bonds. The van der Waals surface area contributed by atoms with Gasteiger partial charge in [-0.2, -0.15) is 0 Å². The number of Topliss-reactive ketones (excluding diaryl/α,β-unsaturated/α-hetero) is 1. The Kier molecular flexibility index (Phi) is 14.4. The molecule has 2 rings (SSSR count). The molecule has 0 radical (unpaired) electrons. The maximum atomic E-state index is 12.1. The van der Waals surface area contributed by atoms with Gasteiger partial charge in [0.1, 0.15) is 5.78 Å². The average molecular weight is 378 g/mol. The van der Waals surface area contributed by atoms with Crippen molar-refractivity contribution in [1.82, 2.24) is 4.90 Å². The van der Waals surface area contributed by atoms with Gasteiger partial charge in [0.15, 0.2) is 0 Å². The normalized spacial score (nSPS) is 14.1. The van der Waals surface area contributed by atoms with Crippen LogP contribution in [-0.4, -0.2) is 42.9 Å². The molecule has 1 heterocycles. The highest BCUT2D eigenvalue weighted by atomic mass is 16.5. The number of likely N-dealkylation sites (tertiary alicyclic amines) is 1. The highest BCUT2D eigenvalue weighted by molar-refractivity contribution is 5.77. The van der Waals surface area contributed by atoms with E-state index in [1.54, 1.807) is 6.92 Å². The second-order valence-corrected chi connectivity index (χ2v) is 6.30. The molecule has 0 saturated carbocycles. The number of benzene rings is 1. The predicted molar refractivity (Wildman–Crippen MR) is 113 cm³/mol. The molecule has 1 aliphatic heterocycles. The SMILES string of the molecule is CC.CC.CCC(c1ccccc1)C1CN(C(=O)CCOCCC(C)=O)C1. The Balaban J connectivity index is 0.00000158. The van der Waals surface area contributed by atoms with Gasteiger partial charge in [0.2, 0.25) is 5.91 Å². The fourth-order valence-electron chi connectivity index (χ4n) is 3.15. The van der Waals surface area contributed by atoms with E-state index in [4.69, 9.17) is 4.74 Å². The fourth-order valence-corrected chi connectivity index (χ4v) is 3.15. The highest BCUT2D eigenvalue weighted by Crippen LogP contribution is 2.34. The fraction of sp³-hybridized carbons (Fsp3) is 0.652. The summed E-state index contributed by atoms with van der Waals surface area (Å²) in [4.78, 5) is 24.8. The van der Waals surface area contributed by atoms with Crippen molar-refractivity contribution in [2.24, 2.45) is 5.92 Å². The van der Waals surface area contributed by atoms with Gasteiger partial charge in [-0.15, -0.1) is 0 Å². The van der Waals surface area contributed by atoms with Crippen molar-refractivity contribution in [2.45, 2.75) is 66.7 Å². The number of nitrogens with zero attached hydrogens (tertiary/aromatic N) is 1. The molecule has 1 unspecified atom stereocenters. The van der Waals surface area contributed by atoms with E-state index in [1.165, 1.54) is 5.56 Å². The van der Waals surface area contributed by atoms with Crippen LogP contribution in [0.5, 0.6) is 0 Å². The first-order valence-electron chi connectivity index (χ1n) is 10.5. The molecule has 0 N–H and O–H groups in total. The molecule has 0 bridgehead atoms. The van der Waals surface area contributed by atoms with Crippen molar-refractivity contribution >= 4 is 11.7 Å². The van der Waals surface area contributed by atoms with E-state index in [0.717, 1.165) is 19.5 Å². The monoisotopic (exact) mass is 377 g/mol. The van der Waals surface area contributed by atoms with Crippen molar-refractivity contribution in [3.05, 3.63) is 35.9 Å². The van der Waals surface area contributed by atoms with Gasteiger partial charge in [-0.05, 0) is 24.8 Å². The van der Waals surface area contributed by atoms with Crippen LogP contribution in [0.1, 0.15) is 72.3 Å². The van der Waals surface area contributed by atoms with Crippen LogP contribution in [0.2, 0.25) is 0 Å². The third-order valence-corrected chi connectivity index (χ3v) is 4.56. The van der Waals surface area contributed by atoms with Crippen molar-refractivity contribution in [1.29, 1.82) is 0 Å². The molecular formula is C23H39NO3. The van der Waals surface area contributed by atoms with E-state index in [0.29, 0.717) is 37.9 Å². The first kappa shape index (κ1) is 25.3. The van der Waals surface area contributed by atoms with Crippen molar-refractivity contribution in [3.63, 3.8) is 0 Å². The van der Waals surface area contributed by atoms with Crippen LogP contribution in [-0.2, 0) is 14.3 Å². The maximum Gasteiger partial charge on any atom is 0.224 e. The lowest BCUT2D eigenvalue weighted by atomic mass is 9.79. The molecule has 1 aromatic rings. The zero-order valence-electron chi connectivity index (χ0n) is 18.2. The minimum atomic E-state index is 0.119. The lowest BCUT2D eigenvalue weighted by Crippen LogP contribution is -2.52. The van der Waals surface area contributed by atoms with E-state index in [9.17, 15) is 9.59 Å². The van der Waals surface area contributed by atoms with E-state index in [1.807, 2.05) is 38.7 Å². The van der Waals surface area contributed by atoms with Crippen LogP contribution in [0.3, 0.4) is 0 Å². The molecule has 0 aromatic heterocycles. The summed E-state index contributed by atoms with van der Waals surface area (Å²) in [5, 5.41) is 0. The largest absolute Gasteiger partial charge is 0.380 e. The van der Waals surface area contributed by atoms with Crippen LogP contribution >= 0.6 is 0 Å². The standard InChI is InChI=1S/C19H27NO3.2C2H6/c1-3-18(16-7-5-4-6-8-16)17-13-20(14-17)19(22)10-12-23-11-9-15(2)21;2*1-2/h4-8,17-18H,3,9-14H2,1-2H3;2*1-2H3. The molecule has 4 heteroatoms. The van der Waals surface area contributed by atoms with E-state index >= 15 is 0 Å². The Morgan fingerprint density at radius 1 is 1.04 bits per heavy atom.